The Balaban J connectivity index is 1.53. The summed E-state index contributed by atoms with van der Waals surface area (Å²) in [6.07, 6.45) is 8.37. The second-order valence-corrected chi connectivity index (χ2v) is 9.34. The first kappa shape index (κ1) is 14.0. The summed E-state index contributed by atoms with van der Waals surface area (Å²) in [5.74, 6) is 2.48. The quantitative estimate of drug-likeness (QED) is 0.700. The van der Waals surface area contributed by atoms with Crippen molar-refractivity contribution in [2.45, 2.75) is 83.0 Å². The van der Waals surface area contributed by atoms with Gasteiger partial charge in [0.05, 0.1) is 12.2 Å². The number of fused-ring (bicyclic) bond motifs is 4. The maximum absolute atomic E-state index is 12.4. The molecule has 1 aliphatic heterocycles. The Bertz CT molecular complexity index is 545. The Morgan fingerprint density at radius 2 is 1.95 bits per heavy atom. The molecule has 1 spiro atoms. The maximum Gasteiger partial charge on any atom is 0.139 e. The van der Waals surface area contributed by atoms with Gasteiger partial charge in [0.2, 0.25) is 0 Å². The van der Waals surface area contributed by atoms with E-state index in [-0.39, 0.29) is 22.5 Å². The average Bonchev–Trinajstić information content (AvgIpc) is 3.08. The molecule has 1 heterocycles. The second-order valence-electron chi connectivity index (χ2n) is 9.34. The van der Waals surface area contributed by atoms with Crippen LogP contribution in [-0.2, 0) is 9.53 Å². The number of aliphatic hydroxyl groups is 1. The zero-order valence-corrected chi connectivity index (χ0v) is 13.8. The number of ether oxygens (including phenoxy) is 1. The fourth-order valence-corrected chi connectivity index (χ4v) is 7.43. The third-order valence-electron chi connectivity index (χ3n) is 8.77. The largest absolute Gasteiger partial charge is 0.393 e. The van der Waals surface area contributed by atoms with Crippen molar-refractivity contribution in [1.29, 1.82) is 0 Å². The molecule has 3 heteroatoms. The monoisotopic (exact) mass is 304 g/mol. The van der Waals surface area contributed by atoms with Gasteiger partial charge in [0, 0.05) is 23.7 Å². The van der Waals surface area contributed by atoms with Crippen LogP contribution in [0.2, 0.25) is 0 Å². The second kappa shape index (κ2) is 3.97. The molecule has 0 amide bonds. The van der Waals surface area contributed by atoms with Gasteiger partial charge in [-0.2, -0.15) is 0 Å². The maximum atomic E-state index is 12.4. The van der Waals surface area contributed by atoms with Crippen molar-refractivity contribution in [2.75, 3.05) is 0 Å². The molecule has 0 bridgehead atoms. The lowest BCUT2D eigenvalue weighted by Crippen LogP contribution is -2.58. The smallest absolute Gasteiger partial charge is 0.139 e. The SMILES string of the molecule is C[C@@]12CC[C@H]3[C@H](C[C@@H]4O[C@@]45C[C@@H](O)CC[C@]35C)[C@@H]1CCC2=O. The normalized spacial score (nSPS) is 62.7. The van der Waals surface area contributed by atoms with Crippen LogP contribution in [-0.4, -0.2) is 28.7 Å². The summed E-state index contributed by atoms with van der Waals surface area (Å²) in [5.41, 5.74) is 0.162. The molecule has 5 rings (SSSR count). The number of epoxide rings is 1. The topological polar surface area (TPSA) is 49.8 Å². The van der Waals surface area contributed by atoms with Crippen LogP contribution in [0.15, 0.2) is 0 Å². The number of hydrogen-bond donors (Lipinski definition) is 1. The van der Waals surface area contributed by atoms with Gasteiger partial charge < -0.3 is 9.84 Å². The minimum absolute atomic E-state index is 0.0256. The molecule has 5 fully saturated rings. The molecule has 0 aromatic rings. The highest BCUT2D eigenvalue weighted by molar-refractivity contribution is 5.87. The Kier molecular flexibility index (Phi) is 2.52. The Morgan fingerprint density at radius 3 is 2.77 bits per heavy atom. The van der Waals surface area contributed by atoms with Crippen molar-refractivity contribution in [3.8, 4) is 0 Å². The predicted molar refractivity (Wildman–Crippen MR) is 82.2 cm³/mol. The van der Waals surface area contributed by atoms with Crippen molar-refractivity contribution in [1.82, 2.24) is 0 Å². The minimum Gasteiger partial charge on any atom is -0.393 e. The molecule has 0 unspecified atom stereocenters. The molecule has 1 saturated heterocycles. The van der Waals surface area contributed by atoms with Gasteiger partial charge in [0.15, 0.2) is 0 Å². The summed E-state index contributed by atoms with van der Waals surface area (Å²) in [6.45, 7) is 4.68. The first-order chi connectivity index (χ1) is 10.4. The molecule has 3 nitrogen and oxygen atoms in total. The van der Waals surface area contributed by atoms with E-state index in [9.17, 15) is 9.90 Å². The van der Waals surface area contributed by atoms with Crippen LogP contribution in [0.1, 0.15) is 65.2 Å². The first-order valence-corrected chi connectivity index (χ1v) is 9.30. The van der Waals surface area contributed by atoms with Gasteiger partial charge in [-0.15, -0.1) is 0 Å². The van der Waals surface area contributed by atoms with Crippen molar-refractivity contribution >= 4 is 5.78 Å². The van der Waals surface area contributed by atoms with E-state index in [1.807, 2.05) is 0 Å². The number of carbonyl (C=O) groups excluding carboxylic acids is 1. The first-order valence-electron chi connectivity index (χ1n) is 9.30. The highest BCUT2D eigenvalue weighted by Gasteiger charge is 2.76. The van der Waals surface area contributed by atoms with Crippen LogP contribution >= 0.6 is 0 Å². The van der Waals surface area contributed by atoms with Gasteiger partial charge in [-0.3, -0.25) is 4.79 Å². The predicted octanol–water partition coefficient (Wildman–Crippen LogP) is 3.09. The van der Waals surface area contributed by atoms with Crippen molar-refractivity contribution < 1.29 is 14.6 Å². The fraction of sp³-hybridized carbons (Fsp3) is 0.947. The summed E-state index contributed by atoms with van der Waals surface area (Å²) in [4.78, 5) is 12.4. The molecule has 0 radical (unpaired) electrons. The van der Waals surface area contributed by atoms with E-state index in [0.29, 0.717) is 29.6 Å². The number of hydrogen-bond acceptors (Lipinski definition) is 3. The fourth-order valence-electron chi connectivity index (χ4n) is 7.43. The van der Waals surface area contributed by atoms with Gasteiger partial charge in [0.25, 0.3) is 0 Å². The van der Waals surface area contributed by atoms with Crippen molar-refractivity contribution in [2.24, 2.45) is 28.6 Å². The third kappa shape index (κ3) is 1.40. The average molecular weight is 304 g/mol. The van der Waals surface area contributed by atoms with E-state index < -0.39 is 0 Å². The van der Waals surface area contributed by atoms with Crippen molar-refractivity contribution in [3.05, 3.63) is 0 Å². The molecule has 4 aliphatic carbocycles. The standard InChI is InChI=1S/C19H28O3/c1-17-7-6-14-12(13(17)3-4-15(17)21)9-16-19(22-16)10-11(20)5-8-18(14,19)2/h11-14,16,20H,3-10H2,1-2H3/t11-,12+,13-,14-,16-,17+,18+,19-/m0/s1. The lowest BCUT2D eigenvalue weighted by atomic mass is 9.45. The summed E-state index contributed by atoms with van der Waals surface area (Å²) in [5, 5.41) is 10.2. The number of Topliss-reactive ketones (excluding diaryl/α,β-unsaturated/α-hetero) is 1. The van der Waals surface area contributed by atoms with E-state index >= 15 is 0 Å². The van der Waals surface area contributed by atoms with Crippen LogP contribution in [0.3, 0.4) is 0 Å². The molecule has 8 atom stereocenters. The molecule has 0 aromatic heterocycles. The number of rotatable bonds is 0. The van der Waals surface area contributed by atoms with Crippen molar-refractivity contribution in [3.63, 3.8) is 0 Å². The van der Waals surface area contributed by atoms with Gasteiger partial charge >= 0.3 is 0 Å². The molecule has 5 aliphatic rings. The highest BCUT2D eigenvalue weighted by Crippen LogP contribution is 2.72. The Morgan fingerprint density at radius 1 is 1.14 bits per heavy atom. The third-order valence-corrected chi connectivity index (χ3v) is 8.77. The number of ketones is 1. The number of carbonyl (C=O) groups is 1. The lowest BCUT2D eigenvalue weighted by Gasteiger charge is -2.58. The van der Waals surface area contributed by atoms with Gasteiger partial charge in [-0.25, -0.2) is 0 Å². The molecule has 0 aromatic carbocycles. The van der Waals surface area contributed by atoms with Gasteiger partial charge in [0.1, 0.15) is 11.4 Å². The zero-order valence-electron chi connectivity index (χ0n) is 13.8. The van der Waals surface area contributed by atoms with Crippen LogP contribution in [0.5, 0.6) is 0 Å². The highest BCUT2D eigenvalue weighted by atomic mass is 16.6. The lowest BCUT2D eigenvalue weighted by molar-refractivity contribution is -0.138. The van der Waals surface area contributed by atoms with E-state index in [1.165, 1.54) is 6.42 Å². The van der Waals surface area contributed by atoms with Gasteiger partial charge in [-0.05, 0) is 56.3 Å². The summed E-state index contributed by atoms with van der Waals surface area (Å²) < 4.78 is 6.30. The molecular formula is C19H28O3. The van der Waals surface area contributed by atoms with Crippen LogP contribution < -0.4 is 0 Å². The molecule has 22 heavy (non-hydrogen) atoms. The minimum atomic E-state index is -0.170. The summed E-state index contributed by atoms with van der Waals surface area (Å²) >= 11 is 0. The van der Waals surface area contributed by atoms with E-state index in [2.05, 4.69) is 13.8 Å². The molecule has 122 valence electrons. The van der Waals surface area contributed by atoms with E-state index in [4.69, 9.17) is 4.74 Å². The van der Waals surface area contributed by atoms with E-state index in [0.717, 1.165) is 44.9 Å². The Labute approximate surface area is 132 Å². The van der Waals surface area contributed by atoms with Crippen LogP contribution in [0, 0.1) is 28.6 Å². The molecule has 1 N–H and O–H groups in total. The number of aliphatic hydroxyl groups excluding tert-OH is 1. The Hall–Kier alpha value is -0.410. The zero-order chi connectivity index (χ0) is 15.3. The molecule has 4 saturated carbocycles. The van der Waals surface area contributed by atoms with E-state index in [1.54, 1.807) is 0 Å². The van der Waals surface area contributed by atoms with Crippen LogP contribution in [0.25, 0.3) is 0 Å². The molecular weight excluding hydrogens is 276 g/mol. The van der Waals surface area contributed by atoms with Crippen LogP contribution in [0.4, 0.5) is 0 Å². The summed E-state index contributed by atoms with van der Waals surface area (Å²) in [6, 6.07) is 0. The van der Waals surface area contributed by atoms with Gasteiger partial charge in [-0.1, -0.05) is 13.8 Å². The summed E-state index contributed by atoms with van der Waals surface area (Å²) in [7, 11) is 0.